The minimum atomic E-state index is -1.02. The average molecular weight is 715 g/mol. The third-order valence-corrected chi connectivity index (χ3v) is 10.6. The molecule has 6 aromatic rings. The lowest BCUT2D eigenvalue weighted by atomic mass is 9.89. The lowest BCUT2D eigenvalue weighted by Crippen LogP contribution is -2.57. The quantitative estimate of drug-likeness (QED) is 0.122. The standard InChI is InChI=1S/C45H43FO5S/c1-31-17-18-36(25-37(31)26-39-23-24-41(52-39)35-19-21-38(46)22-20-35)43-42(47)45(50-29-34-15-9-4-10-16-34)44(49-28-33-13-7-3-8-14-33)40(51-43)30-48-27-32-11-5-2-6-12-32/h2-25,40,42-45,47H,26-30H2,1H3. The molecule has 0 amide bonds. The summed E-state index contributed by atoms with van der Waals surface area (Å²) in [4.78, 5) is 2.28. The van der Waals surface area contributed by atoms with E-state index < -0.39 is 30.5 Å². The first-order valence-corrected chi connectivity index (χ1v) is 18.5. The summed E-state index contributed by atoms with van der Waals surface area (Å²) in [6.45, 7) is 3.42. The SMILES string of the molecule is Cc1ccc(C2OC(COCc3ccccc3)C(OCc3ccccc3)C(OCc3ccccc3)C2O)cc1Cc1ccc(-c2ccc(F)cc2)s1. The van der Waals surface area contributed by atoms with Crippen molar-refractivity contribution in [3.63, 3.8) is 0 Å². The van der Waals surface area contributed by atoms with Gasteiger partial charge in [-0.15, -0.1) is 11.3 Å². The van der Waals surface area contributed by atoms with Gasteiger partial charge in [0, 0.05) is 16.2 Å². The van der Waals surface area contributed by atoms with Gasteiger partial charge in [0.05, 0.1) is 26.4 Å². The summed E-state index contributed by atoms with van der Waals surface area (Å²) in [7, 11) is 0. The maximum Gasteiger partial charge on any atom is 0.123 e. The zero-order valence-electron chi connectivity index (χ0n) is 29.1. The van der Waals surface area contributed by atoms with Gasteiger partial charge in [0.15, 0.2) is 0 Å². The van der Waals surface area contributed by atoms with E-state index in [9.17, 15) is 9.50 Å². The van der Waals surface area contributed by atoms with Crippen LogP contribution in [0.15, 0.2) is 146 Å². The molecular weight excluding hydrogens is 672 g/mol. The number of aryl methyl sites for hydroxylation is 1. The van der Waals surface area contributed by atoms with Crippen molar-refractivity contribution in [2.75, 3.05) is 6.61 Å². The number of aliphatic hydroxyl groups is 1. The van der Waals surface area contributed by atoms with Crippen molar-refractivity contribution >= 4 is 11.3 Å². The Hall–Kier alpha value is -4.47. The summed E-state index contributed by atoms with van der Waals surface area (Å²) in [5, 5.41) is 12.2. The highest BCUT2D eigenvalue weighted by Crippen LogP contribution is 2.38. The third kappa shape index (κ3) is 9.11. The number of ether oxygens (including phenoxy) is 4. The van der Waals surface area contributed by atoms with Crippen LogP contribution < -0.4 is 0 Å². The molecule has 2 heterocycles. The molecule has 1 saturated heterocycles. The molecule has 0 spiro atoms. The topological polar surface area (TPSA) is 57.2 Å². The second kappa shape index (κ2) is 17.4. The molecule has 1 N–H and O–H groups in total. The van der Waals surface area contributed by atoms with E-state index in [0.717, 1.165) is 43.8 Å². The number of aliphatic hydroxyl groups excluding tert-OH is 1. The van der Waals surface area contributed by atoms with E-state index >= 15 is 0 Å². The lowest BCUT2D eigenvalue weighted by molar-refractivity contribution is -0.263. The number of rotatable bonds is 14. The van der Waals surface area contributed by atoms with Crippen LogP contribution in [0.5, 0.6) is 0 Å². The van der Waals surface area contributed by atoms with Gasteiger partial charge in [-0.25, -0.2) is 4.39 Å². The first-order chi connectivity index (χ1) is 25.5. The Morgan fingerprint density at radius 1 is 0.673 bits per heavy atom. The van der Waals surface area contributed by atoms with Gasteiger partial charge in [-0.2, -0.15) is 0 Å². The molecule has 1 aromatic heterocycles. The second-order valence-corrected chi connectivity index (χ2v) is 14.4. The average Bonchev–Trinajstić information content (AvgIpc) is 3.65. The fourth-order valence-corrected chi connectivity index (χ4v) is 7.66. The highest BCUT2D eigenvalue weighted by molar-refractivity contribution is 7.15. The molecule has 5 unspecified atom stereocenters. The van der Waals surface area contributed by atoms with Crippen LogP contribution in [-0.4, -0.2) is 36.1 Å². The van der Waals surface area contributed by atoms with Crippen LogP contribution in [0.1, 0.15) is 44.4 Å². The fraction of sp³-hybridized carbons (Fsp3) is 0.244. The Morgan fingerprint density at radius 2 is 1.27 bits per heavy atom. The number of thiophene rings is 1. The van der Waals surface area contributed by atoms with Crippen LogP contribution in [0.4, 0.5) is 4.39 Å². The van der Waals surface area contributed by atoms with E-state index in [1.807, 2.05) is 109 Å². The molecule has 0 aliphatic carbocycles. The lowest BCUT2D eigenvalue weighted by Gasteiger charge is -2.45. The van der Waals surface area contributed by atoms with Crippen molar-refractivity contribution in [3.05, 3.63) is 190 Å². The summed E-state index contributed by atoms with van der Waals surface area (Å²) in [6.07, 6.45) is -2.81. The summed E-state index contributed by atoms with van der Waals surface area (Å²) < 4.78 is 39.8. The van der Waals surface area contributed by atoms with Crippen molar-refractivity contribution in [2.24, 2.45) is 0 Å². The van der Waals surface area contributed by atoms with Gasteiger partial charge >= 0.3 is 0 Å². The van der Waals surface area contributed by atoms with Gasteiger partial charge in [-0.05, 0) is 70.1 Å². The molecular formula is C45H43FO5S. The van der Waals surface area contributed by atoms with Crippen LogP contribution in [0, 0.1) is 12.7 Å². The number of benzene rings is 5. The van der Waals surface area contributed by atoms with Crippen LogP contribution >= 0.6 is 11.3 Å². The van der Waals surface area contributed by atoms with Crippen molar-refractivity contribution in [1.82, 2.24) is 0 Å². The third-order valence-electron chi connectivity index (χ3n) is 9.48. The van der Waals surface area contributed by atoms with Crippen molar-refractivity contribution in [1.29, 1.82) is 0 Å². The number of hydrogen-bond donors (Lipinski definition) is 1. The van der Waals surface area contributed by atoms with E-state index in [-0.39, 0.29) is 12.4 Å². The Labute approximate surface area is 309 Å². The van der Waals surface area contributed by atoms with E-state index in [0.29, 0.717) is 26.2 Å². The monoisotopic (exact) mass is 714 g/mol. The smallest absolute Gasteiger partial charge is 0.123 e. The molecule has 7 rings (SSSR count). The molecule has 52 heavy (non-hydrogen) atoms. The largest absolute Gasteiger partial charge is 0.387 e. The molecule has 266 valence electrons. The zero-order valence-corrected chi connectivity index (χ0v) is 30.0. The summed E-state index contributed by atoms with van der Waals surface area (Å²) in [5.74, 6) is -0.244. The van der Waals surface area contributed by atoms with Gasteiger partial charge in [0.25, 0.3) is 0 Å². The van der Waals surface area contributed by atoms with Gasteiger partial charge in [0.2, 0.25) is 0 Å². The van der Waals surface area contributed by atoms with Crippen LogP contribution in [0.2, 0.25) is 0 Å². The van der Waals surface area contributed by atoms with Crippen molar-refractivity contribution < 1.29 is 28.4 Å². The van der Waals surface area contributed by atoms with Crippen LogP contribution in [-0.2, 0) is 45.2 Å². The fourth-order valence-electron chi connectivity index (χ4n) is 6.62. The van der Waals surface area contributed by atoms with Crippen molar-refractivity contribution in [3.8, 4) is 10.4 Å². The van der Waals surface area contributed by atoms with E-state index in [4.69, 9.17) is 18.9 Å². The van der Waals surface area contributed by atoms with Crippen LogP contribution in [0.25, 0.3) is 10.4 Å². The van der Waals surface area contributed by atoms with Gasteiger partial charge < -0.3 is 24.1 Å². The van der Waals surface area contributed by atoms with E-state index in [1.54, 1.807) is 11.3 Å². The highest BCUT2D eigenvalue weighted by atomic mass is 32.1. The molecule has 7 heteroatoms. The second-order valence-electron chi connectivity index (χ2n) is 13.2. The number of hydrogen-bond acceptors (Lipinski definition) is 6. The van der Waals surface area contributed by atoms with Gasteiger partial charge in [0.1, 0.15) is 36.3 Å². The normalized spacial score (nSPS) is 20.2. The zero-order chi connectivity index (χ0) is 35.7. The van der Waals surface area contributed by atoms with Gasteiger partial charge in [-0.1, -0.05) is 121 Å². The Morgan fingerprint density at radius 3 is 1.90 bits per heavy atom. The minimum Gasteiger partial charge on any atom is -0.387 e. The summed E-state index contributed by atoms with van der Waals surface area (Å²) in [6, 6.07) is 47.1. The molecule has 0 saturated carbocycles. The Kier molecular flexibility index (Phi) is 12.0. The molecule has 5 atom stereocenters. The van der Waals surface area contributed by atoms with Gasteiger partial charge in [-0.3, -0.25) is 0 Å². The van der Waals surface area contributed by atoms with E-state index in [1.165, 1.54) is 17.0 Å². The molecule has 0 bridgehead atoms. The van der Waals surface area contributed by atoms with Crippen molar-refractivity contribution in [2.45, 2.75) is 63.7 Å². The molecule has 0 radical (unpaired) electrons. The first kappa shape index (κ1) is 35.9. The van der Waals surface area contributed by atoms with E-state index in [2.05, 4.69) is 31.2 Å². The number of halogens is 1. The Balaban J connectivity index is 1.16. The molecule has 1 fully saturated rings. The maximum atomic E-state index is 13.5. The van der Waals surface area contributed by atoms with Crippen LogP contribution in [0.3, 0.4) is 0 Å². The molecule has 5 aromatic carbocycles. The molecule has 5 nitrogen and oxygen atoms in total. The first-order valence-electron chi connectivity index (χ1n) is 17.7. The highest BCUT2D eigenvalue weighted by Gasteiger charge is 2.47. The molecule has 1 aliphatic rings. The predicted octanol–water partition coefficient (Wildman–Crippen LogP) is 9.64. The molecule has 1 aliphatic heterocycles. The maximum absolute atomic E-state index is 13.5. The summed E-state index contributed by atoms with van der Waals surface area (Å²) >= 11 is 1.70. The predicted molar refractivity (Wildman–Crippen MR) is 203 cm³/mol. The minimum absolute atomic E-state index is 0.244. The Bertz CT molecular complexity index is 1980. The summed E-state index contributed by atoms with van der Waals surface area (Å²) in [5.41, 5.74) is 7.23.